The average Bonchev–Trinajstić information content (AvgIpc) is 3.54. The van der Waals surface area contributed by atoms with E-state index >= 15 is 0 Å². The van der Waals surface area contributed by atoms with Gasteiger partial charge in [0.1, 0.15) is 0 Å². The van der Waals surface area contributed by atoms with Gasteiger partial charge in [-0.15, -0.1) is 0 Å². The van der Waals surface area contributed by atoms with Gasteiger partial charge in [-0.3, -0.25) is 9.59 Å². The Kier molecular flexibility index (Phi) is 5.10. The minimum absolute atomic E-state index is 0.00589. The van der Waals surface area contributed by atoms with Crippen molar-refractivity contribution in [3.63, 3.8) is 0 Å². The molecule has 2 amide bonds. The zero-order chi connectivity index (χ0) is 20.5. The van der Waals surface area contributed by atoms with Gasteiger partial charge in [-0.05, 0) is 60.7 Å². The summed E-state index contributed by atoms with van der Waals surface area (Å²) < 4.78 is 0. The van der Waals surface area contributed by atoms with Gasteiger partial charge in [0, 0.05) is 19.5 Å². The maximum atomic E-state index is 13.3. The van der Waals surface area contributed by atoms with Crippen molar-refractivity contribution in [1.29, 1.82) is 0 Å². The van der Waals surface area contributed by atoms with Crippen LogP contribution in [-0.4, -0.2) is 23.8 Å². The Morgan fingerprint density at radius 2 is 1.69 bits per heavy atom. The van der Waals surface area contributed by atoms with Crippen LogP contribution in [0.15, 0.2) is 54.6 Å². The molecule has 0 aromatic heterocycles. The monoisotopic (exact) mass is 386 g/mol. The molecule has 1 saturated carbocycles. The van der Waals surface area contributed by atoms with Crippen molar-refractivity contribution in [1.82, 2.24) is 4.90 Å². The van der Waals surface area contributed by atoms with Gasteiger partial charge >= 0.3 is 0 Å². The third-order valence-corrected chi connectivity index (χ3v) is 5.57. The van der Waals surface area contributed by atoms with Gasteiger partial charge < -0.3 is 10.2 Å². The molecule has 0 bridgehead atoms. The van der Waals surface area contributed by atoms with Gasteiger partial charge in [0.15, 0.2) is 0 Å². The van der Waals surface area contributed by atoms with E-state index in [0.717, 1.165) is 29.2 Å². The summed E-state index contributed by atoms with van der Waals surface area (Å²) in [7, 11) is 1.81. The number of aryl methyl sites for hydroxylation is 2. The maximum absolute atomic E-state index is 13.3. The van der Waals surface area contributed by atoms with E-state index < -0.39 is 0 Å². The second-order valence-electron chi connectivity index (χ2n) is 8.10. The number of nitrogens with one attached hydrogen (secondary N) is 1. The fourth-order valence-corrected chi connectivity index (χ4v) is 3.66. The molecule has 3 aromatic rings. The van der Waals surface area contributed by atoms with E-state index in [0.29, 0.717) is 17.8 Å². The summed E-state index contributed by atoms with van der Waals surface area (Å²) in [6, 6.07) is 18.0. The van der Waals surface area contributed by atoms with Crippen molar-refractivity contribution in [3.05, 3.63) is 76.9 Å². The quantitative estimate of drug-likeness (QED) is 0.665. The van der Waals surface area contributed by atoms with Gasteiger partial charge in [0.25, 0.3) is 5.91 Å². The molecule has 0 saturated heterocycles. The Bertz CT molecular complexity index is 1100. The standard InChI is InChI=1S/C25H26N2O2/c1-16-8-9-21(17(2)12-16)15-27(3)25(29)22-13-19-6-4-5-7-20(19)14-23(22)26-24(28)18-10-11-18/h4-9,12-14,18H,10-11,15H2,1-3H3,(H,26,28). The number of nitrogens with zero attached hydrogens (tertiary/aromatic N) is 1. The minimum Gasteiger partial charge on any atom is -0.337 e. The van der Waals surface area contributed by atoms with Gasteiger partial charge in [-0.1, -0.05) is 48.0 Å². The maximum Gasteiger partial charge on any atom is 0.256 e. The van der Waals surface area contributed by atoms with Crippen LogP contribution in [0.1, 0.15) is 39.9 Å². The normalized spacial score (nSPS) is 13.3. The molecule has 29 heavy (non-hydrogen) atoms. The molecule has 0 atom stereocenters. The molecular weight excluding hydrogens is 360 g/mol. The first-order chi connectivity index (χ1) is 13.9. The van der Waals surface area contributed by atoms with Gasteiger partial charge in [0.2, 0.25) is 5.91 Å². The Morgan fingerprint density at radius 1 is 1.00 bits per heavy atom. The lowest BCUT2D eigenvalue weighted by Crippen LogP contribution is -2.28. The van der Waals surface area contributed by atoms with E-state index in [1.165, 1.54) is 11.1 Å². The topological polar surface area (TPSA) is 49.4 Å². The molecule has 4 heteroatoms. The van der Waals surface area contributed by atoms with E-state index in [4.69, 9.17) is 0 Å². The van der Waals surface area contributed by atoms with E-state index in [-0.39, 0.29) is 17.7 Å². The second kappa shape index (κ2) is 7.70. The summed E-state index contributed by atoms with van der Waals surface area (Å²) in [4.78, 5) is 27.4. The Balaban J connectivity index is 1.66. The molecule has 4 nitrogen and oxygen atoms in total. The lowest BCUT2D eigenvalue weighted by molar-refractivity contribution is -0.117. The van der Waals surface area contributed by atoms with Crippen LogP contribution < -0.4 is 5.32 Å². The highest BCUT2D eigenvalue weighted by molar-refractivity contribution is 6.08. The molecule has 148 valence electrons. The lowest BCUT2D eigenvalue weighted by Gasteiger charge is -2.21. The third-order valence-electron chi connectivity index (χ3n) is 5.57. The van der Waals surface area contributed by atoms with Gasteiger partial charge in [0.05, 0.1) is 11.3 Å². The first-order valence-electron chi connectivity index (χ1n) is 10.1. The van der Waals surface area contributed by atoms with Crippen LogP contribution in [0.5, 0.6) is 0 Å². The number of carbonyl (C=O) groups excluding carboxylic acids is 2. The van der Waals surface area contributed by atoms with Crippen LogP contribution in [-0.2, 0) is 11.3 Å². The number of anilines is 1. The molecule has 0 radical (unpaired) electrons. The molecule has 1 N–H and O–H groups in total. The summed E-state index contributed by atoms with van der Waals surface area (Å²) >= 11 is 0. The SMILES string of the molecule is Cc1ccc(CN(C)C(=O)c2cc3ccccc3cc2NC(=O)C2CC2)c(C)c1. The first-order valence-corrected chi connectivity index (χ1v) is 10.1. The second-order valence-corrected chi connectivity index (χ2v) is 8.10. The summed E-state index contributed by atoms with van der Waals surface area (Å²) in [6.07, 6.45) is 1.85. The highest BCUT2D eigenvalue weighted by Crippen LogP contribution is 2.32. The predicted molar refractivity (Wildman–Crippen MR) is 117 cm³/mol. The van der Waals surface area contributed by atoms with Crippen LogP contribution >= 0.6 is 0 Å². The number of fused-ring (bicyclic) bond motifs is 1. The fourth-order valence-electron chi connectivity index (χ4n) is 3.66. The fraction of sp³-hybridized carbons (Fsp3) is 0.280. The zero-order valence-corrected chi connectivity index (χ0v) is 17.2. The van der Waals surface area contributed by atoms with Crippen LogP contribution in [0.3, 0.4) is 0 Å². The number of hydrogen-bond donors (Lipinski definition) is 1. The zero-order valence-electron chi connectivity index (χ0n) is 17.2. The van der Waals surface area contributed by atoms with Crippen molar-refractivity contribution < 1.29 is 9.59 Å². The smallest absolute Gasteiger partial charge is 0.256 e. The van der Waals surface area contributed by atoms with Crippen LogP contribution in [0, 0.1) is 19.8 Å². The molecule has 3 aromatic carbocycles. The number of carbonyl (C=O) groups is 2. The summed E-state index contributed by atoms with van der Waals surface area (Å²) in [5.41, 5.74) is 4.63. The van der Waals surface area contributed by atoms with Crippen molar-refractivity contribution >= 4 is 28.3 Å². The predicted octanol–water partition coefficient (Wildman–Crippen LogP) is 5.08. The molecule has 0 spiro atoms. The van der Waals surface area contributed by atoms with E-state index in [9.17, 15) is 9.59 Å². The first kappa shape index (κ1) is 19.2. The molecule has 0 heterocycles. The molecule has 4 rings (SSSR count). The highest BCUT2D eigenvalue weighted by atomic mass is 16.2. The third kappa shape index (κ3) is 4.16. The molecule has 0 aliphatic heterocycles. The Morgan fingerprint density at radius 3 is 2.34 bits per heavy atom. The largest absolute Gasteiger partial charge is 0.337 e. The average molecular weight is 386 g/mol. The molecule has 1 fully saturated rings. The summed E-state index contributed by atoms with van der Waals surface area (Å²) in [6.45, 7) is 4.65. The summed E-state index contributed by atoms with van der Waals surface area (Å²) in [5.74, 6) is -0.00875. The molecule has 1 aliphatic rings. The van der Waals surface area contributed by atoms with E-state index in [1.54, 1.807) is 4.90 Å². The minimum atomic E-state index is -0.0955. The van der Waals surface area contributed by atoms with Crippen molar-refractivity contribution in [3.8, 4) is 0 Å². The van der Waals surface area contributed by atoms with E-state index in [1.807, 2.05) is 43.4 Å². The van der Waals surface area contributed by atoms with E-state index in [2.05, 4.69) is 37.4 Å². The molecular formula is C25H26N2O2. The van der Waals surface area contributed by atoms with Crippen LogP contribution in [0.2, 0.25) is 0 Å². The lowest BCUT2D eigenvalue weighted by atomic mass is 10.0. The molecule has 1 aliphatic carbocycles. The van der Waals surface area contributed by atoms with Gasteiger partial charge in [-0.25, -0.2) is 0 Å². The Hall–Kier alpha value is -3.14. The van der Waals surface area contributed by atoms with Crippen LogP contribution in [0.25, 0.3) is 10.8 Å². The van der Waals surface area contributed by atoms with Crippen molar-refractivity contribution in [2.24, 2.45) is 5.92 Å². The number of hydrogen-bond acceptors (Lipinski definition) is 2. The number of benzene rings is 3. The van der Waals surface area contributed by atoms with Crippen LogP contribution in [0.4, 0.5) is 5.69 Å². The molecule has 0 unspecified atom stereocenters. The summed E-state index contributed by atoms with van der Waals surface area (Å²) in [5, 5.41) is 4.99. The number of rotatable bonds is 5. The van der Waals surface area contributed by atoms with Gasteiger partial charge in [-0.2, -0.15) is 0 Å². The van der Waals surface area contributed by atoms with Crippen molar-refractivity contribution in [2.45, 2.75) is 33.2 Å². The number of amides is 2. The van der Waals surface area contributed by atoms with Crippen molar-refractivity contribution in [2.75, 3.05) is 12.4 Å². The highest BCUT2D eigenvalue weighted by Gasteiger charge is 2.30. The Labute approximate surface area is 171 Å².